The molecule has 1 heterocycles. The third kappa shape index (κ3) is 5.42. The van der Waals surface area contributed by atoms with E-state index in [0.29, 0.717) is 6.54 Å². The molecule has 1 saturated heterocycles. The molecule has 7 nitrogen and oxygen atoms in total. The highest BCUT2D eigenvalue weighted by molar-refractivity contribution is 5.94. The highest BCUT2D eigenvalue weighted by Crippen LogP contribution is 2.18. The van der Waals surface area contributed by atoms with E-state index in [1.54, 1.807) is 7.11 Å². The first-order valence-electron chi connectivity index (χ1n) is 8.31. The number of piperazine rings is 1. The Kier molecular flexibility index (Phi) is 6.43. The summed E-state index contributed by atoms with van der Waals surface area (Å²) in [4.78, 5) is 26.9. The molecule has 7 heteroatoms. The van der Waals surface area contributed by atoms with E-state index < -0.39 is 6.03 Å². The van der Waals surface area contributed by atoms with Crippen LogP contribution >= 0.6 is 0 Å². The lowest BCUT2D eigenvalue weighted by molar-refractivity contribution is -0.892. The molecule has 1 fully saturated rings. The average molecular weight is 335 g/mol. The molecule has 132 valence electrons. The Morgan fingerprint density at radius 2 is 1.83 bits per heavy atom. The molecule has 1 aromatic rings. The number of hydrogen-bond donors (Lipinski definition) is 3. The van der Waals surface area contributed by atoms with Gasteiger partial charge in [0.1, 0.15) is 5.75 Å². The van der Waals surface area contributed by atoms with Gasteiger partial charge in [0.2, 0.25) is 0 Å². The fourth-order valence-corrected chi connectivity index (χ4v) is 2.75. The first-order chi connectivity index (χ1) is 11.5. The number of hydrogen-bond acceptors (Lipinski definition) is 4. The topological polar surface area (TPSA) is 75.1 Å². The van der Waals surface area contributed by atoms with Crippen LogP contribution in [-0.2, 0) is 4.79 Å². The normalized spacial score (nSPS) is 15.2. The molecular weight excluding hydrogens is 308 g/mol. The lowest BCUT2D eigenvalue weighted by atomic mass is 10.2. The zero-order chi connectivity index (χ0) is 17.5. The molecule has 0 bridgehead atoms. The van der Waals surface area contributed by atoms with Crippen molar-refractivity contribution in [3.8, 4) is 5.75 Å². The fourth-order valence-electron chi connectivity index (χ4n) is 2.75. The number of benzene rings is 1. The standard InChI is InChI=1S/C17H26N4O3/c1-13(2)18-17(23)19-16(22)12-20-8-10-21(11-9-20)14-4-6-15(24-3)7-5-14/h4-7,13H,8-12H2,1-3H3,(H2,18,19,22,23)/p+1. The number of ether oxygens (including phenoxy) is 1. The monoisotopic (exact) mass is 335 g/mol. The second-order valence-electron chi connectivity index (χ2n) is 6.29. The molecule has 24 heavy (non-hydrogen) atoms. The predicted molar refractivity (Wildman–Crippen MR) is 92.6 cm³/mol. The molecular formula is C17H27N4O3+. The molecule has 1 aliphatic heterocycles. The minimum Gasteiger partial charge on any atom is -0.497 e. The van der Waals surface area contributed by atoms with E-state index in [1.807, 2.05) is 38.1 Å². The van der Waals surface area contributed by atoms with Gasteiger partial charge < -0.3 is 19.9 Å². The zero-order valence-corrected chi connectivity index (χ0v) is 14.6. The number of nitrogens with zero attached hydrogens (tertiary/aromatic N) is 1. The Bertz CT molecular complexity index is 551. The van der Waals surface area contributed by atoms with Gasteiger partial charge in [-0.2, -0.15) is 0 Å². The highest BCUT2D eigenvalue weighted by atomic mass is 16.5. The van der Waals surface area contributed by atoms with E-state index in [0.717, 1.165) is 37.6 Å². The largest absolute Gasteiger partial charge is 0.497 e. The van der Waals surface area contributed by atoms with Gasteiger partial charge in [-0.3, -0.25) is 10.1 Å². The summed E-state index contributed by atoms with van der Waals surface area (Å²) in [7, 11) is 1.66. The molecule has 3 amide bonds. The van der Waals surface area contributed by atoms with Crippen molar-refractivity contribution < 1.29 is 19.2 Å². The average Bonchev–Trinajstić information content (AvgIpc) is 2.54. The van der Waals surface area contributed by atoms with Gasteiger partial charge in [0, 0.05) is 11.7 Å². The summed E-state index contributed by atoms with van der Waals surface area (Å²) in [6, 6.07) is 7.59. The molecule has 0 radical (unpaired) electrons. The first-order valence-corrected chi connectivity index (χ1v) is 8.31. The molecule has 0 aliphatic carbocycles. The van der Waals surface area contributed by atoms with Crippen LogP contribution in [0.4, 0.5) is 10.5 Å². The van der Waals surface area contributed by atoms with E-state index >= 15 is 0 Å². The van der Waals surface area contributed by atoms with Crippen molar-refractivity contribution >= 4 is 17.6 Å². The number of methoxy groups -OCH3 is 1. The highest BCUT2D eigenvalue weighted by Gasteiger charge is 2.23. The summed E-state index contributed by atoms with van der Waals surface area (Å²) in [5.41, 5.74) is 1.16. The van der Waals surface area contributed by atoms with Crippen molar-refractivity contribution in [3.63, 3.8) is 0 Å². The Morgan fingerprint density at radius 1 is 1.21 bits per heavy atom. The third-order valence-corrected chi connectivity index (χ3v) is 3.99. The number of amides is 3. The number of nitrogens with one attached hydrogen (secondary N) is 3. The molecule has 0 atom stereocenters. The van der Waals surface area contributed by atoms with E-state index in [4.69, 9.17) is 4.74 Å². The maximum absolute atomic E-state index is 11.9. The van der Waals surface area contributed by atoms with E-state index in [9.17, 15) is 9.59 Å². The number of carbonyl (C=O) groups is 2. The van der Waals surface area contributed by atoms with Crippen LogP contribution in [0, 0.1) is 0 Å². The van der Waals surface area contributed by atoms with Crippen molar-refractivity contribution in [2.45, 2.75) is 19.9 Å². The molecule has 0 saturated carbocycles. The predicted octanol–water partition coefficient (Wildman–Crippen LogP) is -0.366. The van der Waals surface area contributed by atoms with Crippen molar-refractivity contribution in [2.75, 3.05) is 44.7 Å². The molecule has 1 aliphatic rings. The van der Waals surface area contributed by atoms with E-state index in [-0.39, 0.29) is 11.9 Å². The number of urea groups is 1. The van der Waals surface area contributed by atoms with Crippen LogP contribution < -0.4 is 25.2 Å². The van der Waals surface area contributed by atoms with Gasteiger partial charge in [0.05, 0.1) is 33.3 Å². The van der Waals surface area contributed by atoms with Gasteiger partial charge in [-0.05, 0) is 38.1 Å². The summed E-state index contributed by atoms with van der Waals surface area (Å²) < 4.78 is 5.17. The van der Waals surface area contributed by atoms with Crippen LogP contribution in [0.2, 0.25) is 0 Å². The lowest BCUT2D eigenvalue weighted by Crippen LogP contribution is -3.16. The number of imide groups is 1. The Labute approximate surface area is 142 Å². The van der Waals surface area contributed by atoms with Crippen LogP contribution in [-0.4, -0.2) is 57.8 Å². The molecule has 0 unspecified atom stereocenters. The zero-order valence-electron chi connectivity index (χ0n) is 14.6. The molecule has 0 spiro atoms. The minimum absolute atomic E-state index is 0.0122. The van der Waals surface area contributed by atoms with E-state index in [1.165, 1.54) is 4.90 Å². The minimum atomic E-state index is -0.425. The van der Waals surface area contributed by atoms with Crippen LogP contribution in [0.15, 0.2) is 24.3 Å². The second kappa shape index (κ2) is 8.54. The summed E-state index contributed by atoms with van der Waals surface area (Å²) in [5.74, 6) is 0.611. The second-order valence-corrected chi connectivity index (χ2v) is 6.29. The molecule has 1 aromatic carbocycles. The van der Waals surface area contributed by atoms with Crippen LogP contribution in [0.5, 0.6) is 5.75 Å². The smallest absolute Gasteiger partial charge is 0.321 e. The lowest BCUT2D eigenvalue weighted by Gasteiger charge is -2.33. The maximum atomic E-state index is 11.9. The quantitative estimate of drug-likeness (QED) is 0.687. The van der Waals surface area contributed by atoms with Crippen LogP contribution in [0.25, 0.3) is 0 Å². The van der Waals surface area contributed by atoms with Gasteiger partial charge in [-0.15, -0.1) is 0 Å². The number of carbonyl (C=O) groups excluding carboxylic acids is 2. The van der Waals surface area contributed by atoms with Crippen LogP contribution in [0.1, 0.15) is 13.8 Å². The number of anilines is 1. The van der Waals surface area contributed by atoms with Crippen LogP contribution in [0.3, 0.4) is 0 Å². The van der Waals surface area contributed by atoms with Gasteiger partial charge in [0.15, 0.2) is 6.54 Å². The van der Waals surface area contributed by atoms with Crippen molar-refractivity contribution in [1.29, 1.82) is 0 Å². The fraction of sp³-hybridized carbons (Fsp3) is 0.529. The first kappa shape index (κ1) is 18.1. The van der Waals surface area contributed by atoms with Gasteiger partial charge in [-0.25, -0.2) is 4.79 Å². The van der Waals surface area contributed by atoms with Gasteiger partial charge in [0.25, 0.3) is 5.91 Å². The summed E-state index contributed by atoms with van der Waals surface area (Å²) in [6.07, 6.45) is 0. The summed E-state index contributed by atoms with van der Waals surface area (Å²) >= 11 is 0. The van der Waals surface area contributed by atoms with Crippen molar-refractivity contribution in [1.82, 2.24) is 10.6 Å². The van der Waals surface area contributed by atoms with E-state index in [2.05, 4.69) is 15.5 Å². The Morgan fingerprint density at radius 3 is 2.38 bits per heavy atom. The molecule has 3 N–H and O–H groups in total. The molecule has 0 aromatic heterocycles. The van der Waals surface area contributed by atoms with Crippen molar-refractivity contribution in [3.05, 3.63) is 24.3 Å². The molecule has 2 rings (SSSR count). The summed E-state index contributed by atoms with van der Waals surface area (Å²) in [5, 5.41) is 5.03. The maximum Gasteiger partial charge on any atom is 0.321 e. The summed E-state index contributed by atoms with van der Waals surface area (Å²) in [6.45, 7) is 7.53. The number of quaternary nitrogens is 1. The SMILES string of the molecule is COc1ccc(N2CC[NH+](CC(=O)NC(=O)NC(C)C)CC2)cc1. The van der Waals surface area contributed by atoms with Gasteiger partial charge in [-0.1, -0.05) is 0 Å². The Balaban J connectivity index is 1.75. The Hall–Kier alpha value is -2.28. The number of rotatable bonds is 5. The van der Waals surface area contributed by atoms with Gasteiger partial charge >= 0.3 is 6.03 Å². The van der Waals surface area contributed by atoms with Crippen molar-refractivity contribution in [2.24, 2.45) is 0 Å². The third-order valence-electron chi connectivity index (χ3n) is 3.99.